The number of carboxylic acids is 1. The molecule has 0 aliphatic carbocycles. The lowest BCUT2D eigenvalue weighted by Gasteiger charge is -2.16. The number of aromatic nitrogens is 2. The van der Waals surface area contributed by atoms with Crippen LogP contribution in [0.5, 0.6) is 0 Å². The molecule has 0 unspecified atom stereocenters. The molecule has 6 nitrogen and oxygen atoms in total. The minimum absolute atomic E-state index is 0.314. The largest absolute Gasteiger partial charge is 0.480 e. The third-order valence-corrected chi connectivity index (χ3v) is 6.91. The van der Waals surface area contributed by atoms with Gasteiger partial charge in [-0.2, -0.15) is 11.8 Å². The topological polar surface area (TPSA) is 84.2 Å². The Labute approximate surface area is 231 Å². The van der Waals surface area contributed by atoms with E-state index in [1.807, 2.05) is 54.9 Å². The zero-order valence-electron chi connectivity index (χ0n) is 21.6. The summed E-state index contributed by atoms with van der Waals surface area (Å²) >= 11 is 1.52. The fourth-order valence-corrected chi connectivity index (χ4v) is 4.69. The first kappa shape index (κ1) is 27.9. The molecule has 4 aromatic rings. The quantitative estimate of drug-likeness (QED) is 0.231. The van der Waals surface area contributed by atoms with E-state index in [0.717, 1.165) is 17.9 Å². The van der Waals surface area contributed by atoms with Gasteiger partial charge in [0, 0.05) is 30.9 Å². The molecule has 3 aromatic carbocycles. The second kappa shape index (κ2) is 13.6. The molecular weight excluding hydrogens is 513 g/mol. The zero-order chi connectivity index (χ0) is 27.6. The Morgan fingerprint density at radius 2 is 1.87 bits per heavy atom. The van der Waals surface area contributed by atoms with Gasteiger partial charge in [0.05, 0.1) is 0 Å². The summed E-state index contributed by atoms with van der Waals surface area (Å²) in [5, 5.41) is 12.2. The number of nitrogens with one attached hydrogen (secondary N) is 1. The van der Waals surface area contributed by atoms with Crippen LogP contribution in [0.15, 0.2) is 91.3 Å². The number of allylic oxidation sites excluding steroid dienone is 1. The molecule has 39 heavy (non-hydrogen) atoms. The maximum Gasteiger partial charge on any atom is 0.326 e. The predicted octanol–water partition coefficient (Wildman–Crippen LogP) is 5.93. The first-order chi connectivity index (χ1) is 18.9. The van der Waals surface area contributed by atoms with Gasteiger partial charge in [0.1, 0.15) is 17.7 Å². The van der Waals surface area contributed by atoms with Crippen molar-refractivity contribution >= 4 is 29.7 Å². The summed E-state index contributed by atoms with van der Waals surface area (Å²) in [4.78, 5) is 29.3. The van der Waals surface area contributed by atoms with Gasteiger partial charge in [-0.05, 0) is 64.9 Å². The molecule has 0 saturated carbocycles. The minimum atomic E-state index is -1.08. The molecule has 2 N–H and O–H groups in total. The summed E-state index contributed by atoms with van der Waals surface area (Å²) in [6, 6.07) is 20.4. The van der Waals surface area contributed by atoms with E-state index in [9.17, 15) is 19.1 Å². The summed E-state index contributed by atoms with van der Waals surface area (Å²) in [6.45, 7) is 0.733. The molecule has 0 saturated heterocycles. The SMILES string of the molecule is CSCC[C@H](NC(=O)c1ccc(/C=C/Cc2nccn2Cc2ccccc2)cc1-c1ccc(F)cc1)C(=O)O. The van der Waals surface area contributed by atoms with Crippen LogP contribution in [0, 0.1) is 5.82 Å². The third kappa shape index (κ3) is 7.67. The summed E-state index contributed by atoms with van der Waals surface area (Å²) in [7, 11) is 0. The maximum absolute atomic E-state index is 13.6. The number of rotatable bonds is 12. The summed E-state index contributed by atoms with van der Waals surface area (Å²) in [5.74, 6) is -0.410. The highest BCUT2D eigenvalue weighted by Gasteiger charge is 2.22. The van der Waals surface area contributed by atoms with Crippen molar-refractivity contribution in [2.45, 2.75) is 25.4 Å². The Hall–Kier alpha value is -4.17. The van der Waals surface area contributed by atoms with Crippen molar-refractivity contribution < 1.29 is 19.1 Å². The van der Waals surface area contributed by atoms with Crippen molar-refractivity contribution in [3.05, 3.63) is 120 Å². The number of aliphatic carboxylic acids is 1. The average Bonchev–Trinajstić information content (AvgIpc) is 3.38. The summed E-state index contributed by atoms with van der Waals surface area (Å²) in [6.07, 6.45) is 10.5. The highest BCUT2D eigenvalue weighted by molar-refractivity contribution is 7.98. The molecule has 1 atom stereocenters. The molecule has 1 heterocycles. The zero-order valence-corrected chi connectivity index (χ0v) is 22.4. The number of halogens is 1. The van der Waals surface area contributed by atoms with Crippen LogP contribution in [0.4, 0.5) is 4.39 Å². The normalized spacial score (nSPS) is 11.9. The van der Waals surface area contributed by atoms with E-state index < -0.39 is 17.9 Å². The van der Waals surface area contributed by atoms with Crippen LogP contribution in [0.2, 0.25) is 0 Å². The van der Waals surface area contributed by atoms with Crippen LogP contribution >= 0.6 is 11.8 Å². The van der Waals surface area contributed by atoms with E-state index in [0.29, 0.717) is 35.3 Å². The Morgan fingerprint density at radius 1 is 1.10 bits per heavy atom. The van der Waals surface area contributed by atoms with Crippen LogP contribution in [0.3, 0.4) is 0 Å². The predicted molar refractivity (Wildman–Crippen MR) is 154 cm³/mol. The van der Waals surface area contributed by atoms with Crippen LogP contribution in [-0.4, -0.2) is 44.6 Å². The molecule has 0 aliphatic heterocycles. The molecule has 1 aromatic heterocycles. The first-order valence-electron chi connectivity index (χ1n) is 12.6. The number of hydrogen-bond acceptors (Lipinski definition) is 4. The van der Waals surface area contributed by atoms with Crippen molar-refractivity contribution in [2.24, 2.45) is 0 Å². The highest BCUT2D eigenvalue weighted by Crippen LogP contribution is 2.26. The minimum Gasteiger partial charge on any atom is -0.480 e. The van der Waals surface area contributed by atoms with Gasteiger partial charge in [-0.25, -0.2) is 14.2 Å². The molecule has 1 amide bonds. The second-order valence-corrected chi connectivity index (χ2v) is 10.0. The standard InChI is InChI=1S/C31H30FN3O3S/c1-39-19-16-28(31(37)38)34-30(36)26-15-10-22(20-27(26)24-11-13-25(32)14-12-24)8-5-9-29-33-17-18-35(29)21-23-6-3-2-4-7-23/h2-8,10-15,17-18,20,28H,9,16,19,21H2,1H3,(H,34,36)(H,37,38)/b8-5+/t28-/m0/s1. The van der Waals surface area contributed by atoms with Crippen LogP contribution in [0.1, 0.15) is 33.7 Å². The van der Waals surface area contributed by atoms with Crippen molar-refractivity contribution in [2.75, 3.05) is 12.0 Å². The molecule has 0 fully saturated rings. The molecule has 0 bridgehead atoms. The van der Waals surface area contributed by atoms with Crippen molar-refractivity contribution in [1.29, 1.82) is 0 Å². The fraction of sp³-hybridized carbons (Fsp3) is 0.194. The van der Waals surface area contributed by atoms with E-state index in [4.69, 9.17) is 0 Å². The number of thioether (sulfide) groups is 1. The molecule has 200 valence electrons. The Kier molecular flexibility index (Phi) is 9.69. The first-order valence-corrected chi connectivity index (χ1v) is 14.0. The number of carboxylic acid groups (broad SMARTS) is 1. The second-order valence-electron chi connectivity index (χ2n) is 9.02. The maximum atomic E-state index is 13.6. The van der Waals surface area contributed by atoms with E-state index in [1.54, 1.807) is 24.4 Å². The van der Waals surface area contributed by atoms with Crippen molar-refractivity contribution in [1.82, 2.24) is 14.9 Å². The lowest BCUT2D eigenvalue weighted by atomic mass is 9.96. The molecule has 8 heteroatoms. The summed E-state index contributed by atoms with van der Waals surface area (Å²) in [5.41, 5.74) is 3.62. The Bertz CT molecular complexity index is 1440. The Morgan fingerprint density at radius 3 is 2.59 bits per heavy atom. The van der Waals surface area contributed by atoms with Gasteiger partial charge in [0.25, 0.3) is 5.91 Å². The lowest BCUT2D eigenvalue weighted by molar-refractivity contribution is -0.139. The van der Waals surface area contributed by atoms with E-state index in [1.165, 1.54) is 29.5 Å². The number of benzene rings is 3. The van der Waals surface area contributed by atoms with Gasteiger partial charge in [-0.15, -0.1) is 0 Å². The average molecular weight is 544 g/mol. The summed E-state index contributed by atoms with van der Waals surface area (Å²) < 4.78 is 15.7. The van der Waals surface area contributed by atoms with Crippen molar-refractivity contribution in [3.8, 4) is 11.1 Å². The van der Waals surface area contributed by atoms with E-state index in [2.05, 4.69) is 27.0 Å². The Balaban J connectivity index is 1.56. The highest BCUT2D eigenvalue weighted by atomic mass is 32.2. The van der Waals surface area contributed by atoms with Crippen LogP contribution < -0.4 is 5.32 Å². The molecule has 4 rings (SSSR count). The lowest BCUT2D eigenvalue weighted by Crippen LogP contribution is -2.41. The van der Waals surface area contributed by atoms with Crippen LogP contribution in [-0.2, 0) is 17.8 Å². The fourth-order valence-electron chi connectivity index (χ4n) is 4.22. The van der Waals surface area contributed by atoms with Crippen LogP contribution in [0.25, 0.3) is 17.2 Å². The number of amides is 1. The van der Waals surface area contributed by atoms with Gasteiger partial charge >= 0.3 is 5.97 Å². The monoisotopic (exact) mass is 543 g/mol. The molecule has 0 aliphatic rings. The van der Waals surface area contributed by atoms with Gasteiger partial charge in [0.2, 0.25) is 0 Å². The number of imidazole rings is 1. The number of hydrogen-bond donors (Lipinski definition) is 2. The molecule has 0 radical (unpaired) electrons. The van der Waals surface area contributed by atoms with Gasteiger partial charge < -0.3 is 15.0 Å². The van der Waals surface area contributed by atoms with E-state index in [-0.39, 0.29) is 5.82 Å². The number of carbonyl (C=O) groups excluding carboxylic acids is 1. The van der Waals surface area contributed by atoms with Crippen molar-refractivity contribution in [3.63, 3.8) is 0 Å². The molecule has 0 spiro atoms. The van der Waals surface area contributed by atoms with Gasteiger partial charge in [-0.1, -0.05) is 60.7 Å². The number of carbonyl (C=O) groups is 2. The molecular formula is C31H30FN3O3S. The number of nitrogens with zero attached hydrogens (tertiary/aromatic N) is 2. The third-order valence-electron chi connectivity index (χ3n) is 6.27. The van der Waals surface area contributed by atoms with Gasteiger partial charge in [0.15, 0.2) is 0 Å². The van der Waals surface area contributed by atoms with E-state index >= 15 is 0 Å². The van der Waals surface area contributed by atoms with Gasteiger partial charge in [-0.3, -0.25) is 4.79 Å². The smallest absolute Gasteiger partial charge is 0.326 e.